The van der Waals surface area contributed by atoms with Crippen molar-refractivity contribution in [1.82, 2.24) is 0 Å². The normalized spacial score (nSPS) is 13.6. The van der Waals surface area contributed by atoms with Gasteiger partial charge in [0.15, 0.2) is 0 Å². The minimum Gasteiger partial charge on any atom is -0.377 e. The van der Waals surface area contributed by atoms with Gasteiger partial charge in [0.2, 0.25) is 0 Å². The van der Waals surface area contributed by atoms with Crippen molar-refractivity contribution in [2.75, 3.05) is 19.0 Å². The summed E-state index contributed by atoms with van der Waals surface area (Å²) in [6.07, 6.45) is 9.84. The van der Waals surface area contributed by atoms with Gasteiger partial charge in [-0.15, -0.1) is 0 Å². The number of hydrogen-bond acceptors (Lipinski definition) is 1. The zero-order valence-electron chi connectivity index (χ0n) is 8.70. The van der Waals surface area contributed by atoms with Crippen LogP contribution in [0, 0.1) is 0 Å². The van der Waals surface area contributed by atoms with Crippen LogP contribution < -0.4 is 4.90 Å². The lowest BCUT2D eigenvalue weighted by Crippen LogP contribution is -2.10. The molecule has 0 amide bonds. The van der Waals surface area contributed by atoms with Gasteiger partial charge in [0.05, 0.1) is 0 Å². The minimum atomic E-state index is 1.03. The van der Waals surface area contributed by atoms with Crippen LogP contribution in [0.5, 0.6) is 0 Å². The molecule has 1 nitrogen and oxygen atoms in total. The van der Waals surface area contributed by atoms with Crippen LogP contribution in [0.25, 0.3) is 12.2 Å². The molecule has 72 valence electrons. The molecule has 0 bridgehead atoms. The molecule has 1 aromatic rings. The van der Waals surface area contributed by atoms with Crippen molar-refractivity contribution in [3.8, 4) is 0 Å². The maximum atomic E-state index is 2.21. The van der Waals surface area contributed by atoms with E-state index in [1.165, 1.54) is 16.8 Å². The average molecular weight is 185 g/mol. The summed E-state index contributed by atoms with van der Waals surface area (Å²) in [5, 5.41) is 0. The summed E-state index contributed by atoms with van der Waals surface area (Å²) < 4.78 is 0. The summed E-state index contributed by atoms with van der Waals surface area (Å²) in [5.74, 6) is 0. The van der Waals surface area contributed by atoms with Crippen molar-refractivity contribution in [3.63, 3.8) is 0 Å². The standard InChI is InChI=1S/C13H15N/c1-14(2)13-10-6-8-11-7-4-3-5-9-12(11)13/h4-10H,3H2,1-2H3. The fourth-order valence-corrected chi connectivity index (χ4v) is 1.75. The zero-order valence-corrected chi connectivity index (χ0v) is 8.70. The van der Waals surface area contributed by atoms with Crippen LogP contribution in [-0.2, 0) is 0 Å². The van der Waals surface area contributed by atoms with Gasteiger partial charge >= 0.3 is 0 Å². The second-order valence-corrected chi connectivity index (χ2v) is 3.71. The van der Waals surface area contributed by atoms with E-state index in [2.05, 4.69) is 61.5 Å². The maximum Gasteiger partial charge on any atom is 0.0440 e. The molecule has 2 rings (SSSR count). The summed E-state index contributed by atoms with van der Waals surface area (Å²) in [4.78, 5) is 2.16. The number of benzene rings is 1. The van der Waals surface area contributed by atoms with E-state index in [9.17, 15) is 0 Å². The second kappa shape index (κ2) is 3.70. The monoisotopic (exact) mass is 185 g/mol. The Labute approximate surface area is 85.4 Å². The molecule has 0 heterocycles. The van der Waals surface area contributed by atoms with Crippen molar-refractivity contribution in [3.05, 3.63) is 41.5 Å². The second-order valence-electron chi connectivity index (χ2n) is 3.71. The maximum absolute atomic E-state index is 2.21. The van der Waals surface area contributed by atoms with Gasteiger partial charge in [-0.25, -0.2) is 0 Å². The van der Waals surface area contributed by atoms with Crippen molar-refractivity contribution in [2.45, 2.75) is 6.42 Å². The topological polar surface area (TPSA) is 3.24 Å². The largest absolute Gasteiger partial charge is 0.377 e. The third-order valence-corrected chi connectivity index (χ3v) is 2.45. The summed E-state index contributed by atoms with van der Waals surface area (Å²) in [5.41, 5.74) is 3.92. The Hall–Kier alpha value is -1.50. The molecule has 1 aliphatic carbocycles. The van der Waals surface area contributed by atoms with Gasteiger partial charge in [0, 0.05) is 25.3 Å². The van der Waals surface area contributed by atoms with Crippen molar-refractivity contribution in [2.24, 2.45) is 0 Å². The highest BCUT2D eigenvalue weighted by Gasteiger charge is 2.05. The Balaban J connectivity index is 2.60. The van der Waals surface area contributed by atoms with Crippen LogP contribution >= 0.6 is 0 Å². The van der Waals surface area contributed by atoms with E-state index in [1.54, 1.807) is 0 Å². The van der Waals surface area contributed by atoms with Gasteiger partial charge in [-0.1, -0.05) is 36.4 Å². The SMILES string of the molecule is CN(C)c1cccc2c1C=CCC=C2. The Morgan fingerprint density at radius 2 is 1.86 bits per heavy atom. The molecule has 0 atom stereocenters. The summed E-state index contributed by atoms with van der Waals surface area (Å²) in [7, 11) is 4.16. The summed E-state index contributed by atoms with van der Waals surface area (Å²) >= 11 is 0. The summed E-state index contributed by atoms with van der Waals surface area (Å²) in [6, 6.07) is 6.43. The molecule has 0 saturated carbocycles. The predicted octanol–water partition coefficient (Wildman–Crippen LogP) is 3.18. The fourth-order valence-electron chi connectivity index (χ4n) is 1.75. The van der Waals surface area contributed by atoms with Gasteiger partial charge in [-0.3, -0.25) is 0 Å². The molecule has 0 N–H and O–H groups in total. The first-order valence-corrected chi connectivity index (χ1v) is 4.92. The van der Waals surface area contributed by atoms with E-state index in [4.69, 9.17) is 0 Å². The van der Waals surface area contributed by atoms with E-state index in [0.717, 1.165) is 6.42 Å². The van der Waals surface area contributed by atoms with E-state index in [-0.39, 0.29) is 0 Å². The Morgan fingerprint density at radius 1 is 1.07 bits per heavy atom. The molecule has 0 aromatic heterocycles. The van der Waals surface area contributed by atoms with Crippen LogP contribution in [0.1, 0.15) is 17.5 Å². The van der Waals surface area contributed by atoms with E-state index >= 15 is 0 Å². The quantitative estimate of drug-likeness (QED) is 0.649. The molecular formula is C13H15N. The first-order chi connectivity index (χ1) is 6.79. The highest BCUT2D eigenvalue weighted by molar-refractivity contribution is 5.77. The molecular weight excluding hydrogens is 170 g/mol. The zero-order chi connectivity index (χ0) is 9.97. The minimum absolute atomic E-state index is 1.03. The van der Waals surface area contributed by atoms with Crippen molar-refractivity contribution >= 4 is 17.8 Å². The number of anilines is 1. The smallest absolute Gasteiger partial charge is 0.0440 e. The van der Waals surface area contributed by atoms with Gasteiger partial charge in [0.1, 0.15) is 0 Å². The van der Waals surface area contributed by atoms with Gasteiger partial charge in [-0.2, -0.15) is 0 Å². The van der Waals surface area contributed by atoms with Gasteiger partial charge < -0.3 is 4.90 Å². The molecule has 0 fully saturated rings. The lowest BCUT2D eigenvalue weighted by molar-refractivity contribution is 1.13. The van der Waals surface area contributed by atoms with Gasteiger partial charge in [0.25, 0.3) is 0 Å². The lowest BCUT2D eigenvalue weighted by Gasteiger charge is -2.17. The third kappa shape index (κ3) is 1.58. The number of allylic oxidation sites excluding steroid dienone is 2. The lowest BCUT2D eigenvalue weighted by atomic mass is 10.0. The van der Waals surface area contributed by atoms with E-state index in [1.807, 2.05) is 0 Å². The van der Waals surface area contributed by atoms with Crippen LogP contribution in [0.4, 0.5) is 5.69 Å². The van der Waals surface area contributed by atoms with Crippen LogP contribution in [0.15, 0.2) is 30.4 Å². The molecule has 14 heavy (non-hydrogen) atoms. The van der Waals surface area contributed by atoms with Crippen molar-refractivity contribution < 1.29 is 0 Å². The number of nitrogens with zero attached hydrogens (tertiary/aromatic N) is 1. The van der Waals surface area contributed by atoms with E-state index < -0.39 is 0 Å². The van der Waals surface area contributed by atoms with E-state index in [0.29, 0.717) is 0 Å². The van der Waals surface area contributed by atoms with Crippen molar-refractivity contribution in [1.29, 1.82) is 0 Å². The average Bonchev–Trinajstić information content (AvgIpc) is 2.41. The molecule has 0 aliphatic heterocycles. The van der Waals surface area contributed by atoms with Crippen LogP contribution in [0.2, 0.25) is 0 Å². The highest BCUT2D eigenvalue weighted by atomic mass is 15.1. The molecule has 0 unspecified atom stereocenters. The van der Waals surface area contributed by atoms with Crippen LogP contribution in [0.3, 0.4) is 0 Å². The molecule has 1 aromatic carbocycles. The number of rotatable bonds is 1. The van der Waals surface area contributed by atoms with Crippen LogP contribution in [-0.4, -0.2) is 14.1 Å². The summed E-state index contributed by atoms with van der Waals surface area (Å²) in [6.45, 7) is 0. The number of hydrogen-bond donors (Lipinski definition) is 0. The molecule has 1 aliphatic rings. The Morgan fingerprint density at radius 3 is 2.64 bits per heavy atom. The Kier molecular flexibility index (Phi) is 2.40. The molecule has 0 saturated heterocycles. The fraction of sp³-hybridized carbons (Fsp3) is 0.231. The Bertz CT molecular complexity index is 386. The molecule has 0 spiro atoms. The molecule has 0 radical (unpaired) electrons. The number of fused-ring (bicyclic) bond motifs is 1. The first-order valence-electron chi connectivity index (χ1n) is 4.92. The van der Waals surface area contributed by atoms with Gasteiger partial charge in [-0.05, 0) is 18.1 Å². The predicted molar refractivity (Wildman–Crippen MR) is 63.5 cm³/mol. The first kappa shape index (κ1) is 9.07. The third-order valence-electron chi connectivity index (χ3n) is 2.45. The molecule has 1 heteroatoms. The highest BCUT2D eigenvalue weighted by Crippen LogP contribution is 2.26.